The number of nitrogens with one attached hydrogen (secondary N) is 1. The van der Waals surface area contributed by atoms with E-state index in [2.05, 4.69) is 43.5 Å². The second-order valence-electron chi connectivity index (χ2n) is 16.8. The molecule has 5 N–H and O–H groups in total. The normalized spacial score (nSPS) is 14.2. The summed E-state index contributed by atoms with van der Waals surface area (Å²) >= 11 is 0. The van der Waals surface area contributed by atoms with E-state index < -0.39 is 36.9 Å². The topological polar surface area (TPSA) is 110 Å². The van der Waals surface area contributed by atoms with Gasteiger partial charge in [-0.1, -0.05) is 231 Å². The van der Waals surface area contributed by atoms with E-state index in [-0.39, 0.29) is 0 Å². The van der Waals surface area contributed by atoms with Gasteiger partial charge in [-0.05, 0) is 44.9 Å². The van der Waals surface area contributed by atoms with E-state index in [9.17, 15) is 25.2 Å². The van der Waals surface area contributed by atoms with Crippen LogP contribution in [0.4, 0.5) is 0 Å². The maximum atomic E-state index is 12.5. The zero-order valence-corrected chi connectivity index (χ0v) is 36.7. The van der Waals surface area contributed by atoms with E-state index in [1.165, 1.54) is 173 Å². The summed E-state index contributed by atoms with van der Waals surface area (Å²) in [7, 11) is 0. The number of aliphatic hydroxyl groups is 4. The molecule has 0 saturated carbocycles. The third-order valence-corrected chi connectivity index (χ3v) is 11.4. The van der Waals surface area contributed by atoms with Crippen LogP contribution in [0.2, 0.25) is 0 Å². The molecule has 0 heterocycles. The molecule has 0 aromatic rings. The van der Waals surface area contributed by atoms with Crippen molar-refractivity contribution < 1.29 is 25.2 Å². The Hall–Kier alpha value is -1.21. The second kappa shape index (κ2) is 43.9. The summed E-state index contributed by atoms with van der Waals surface area (Å²) in [5, 5.41) is 43.6. The number of amides is 1. The number of rotatable bonds is 44. The molecular weight excluding hydrogens is 683 g/mol. The predicted octanol–water partition coefficient (Wildman–Crippen LogP) is 13.1. The summed E-state index contributed by atoms with van der Waals surface area (Å²) in [5.74, 6) is -0.595. The van der Waals surface area contributed by atoms with E-state index >= 15 is 0 Å². The Labute approximate surface area is 342 Å². The summed E-state index contributed by atoms with van der Waals surface area (Å²) < 4.78 is 0. The predicted molar refractivity (Wildman–Crippen MR) is 237 cm³/mol. The minimum Gasteiger partial charge on any atom is -0.394 e. The van der Waals surface area contributed by atoms with Crippen LogP contribution in [-0.4, -0.2) is 57.3 Å². The van der Waals surface area contributed by atoms with Crippen molar-refractivity contribution >= 4 is 5.91 Å². The van der Waals surface area contributed by atoms with Gasteiger partial charge in [-0.15, -0.1) is 0 Å². The third kappa shape index (κ3) is 38.1. The Bertz CT molecular complexity index is 832. The maximum Gasteiger partial charge on any atom is 0.249 e. The number of carbonyl (C=O) groups is 1. The SMILES string of the molecule is CCCC/C=C/CC/C=C/CCCC(O)C(O)C(CO)NC(=O)C(O)CCCCCCCCCCCCCCCCCCCCCCCCCCCCCC. The van der Waals surface area contributed by atoms with Crippen LogP contribution in [0.1, 0.15) is 251 Å². The van der Waals surface area contributed by atoms with Gasteiger partial charge >= 0.3 is 0 Å². The molecule has 4 atom stereocenters. The first-order valence-electron chi connectivity index (χ1n) is 24.2. The Kier molecular flexibility index (Phi) is 42.9. The monoisotopic (exact) mass is 778 g/mol. The van der Waals surface area contributed by atoms with Gasteiger partial charge in [0, 0.05) is 0 Å². The van der Waals surface area contributed by atoms with Crippen LogP contribution in [0.25, 0.3) is 0 Å². The molecule has 0 rings (SSSR count). The fraction of sp³-hybridized carbons (Fsp3) is 0.898. The lowest BCUT2D eigenvalue weighted by Gasteiger charge is -2.27. The number of unbranched alkanes of at least 4 members (excludes halogenated alkanes) is 31. The zero-order valence-electron chi connectivity index (χ0n) is 36.7. The third-order valence-electron chi connectivity index (χ3n) is 11.4. The summed E-state index contributed by atoms with van der Waals surface area (Å²) in [6.45, 7) is 3.99. The fourth-order valence-corrected chi connectivity index (χ4v) is 7.53. The summed E-state index contributed by atoms with van der Waals surface area (Å²) in [6.07, 6.45) is 51.0. The Morgan fingerprint density at radius 1 is 0.436 bits per heavy atom. The molecule has 326 valence electrons. The standard InChI is InChI=1S/C49H95NO5/c1-3-5-7-9-11-13-15-16-17-18-19-20-21-22-23-24-25-26-27-28-29-30-31-33-35-37-39-41-43-47(53)49(55)50-45(44-51)48(54)46(52)42-40-38-36-34-32-14-12-10-8-6-4-2/h10,12,34,36,45-48,51-54H,3-9,11,13-33,35,37-44H2,1-2H3,(H,50,55)/b12-10+,36-34+. The average molecular weight is 778 g/mol. The first kappa shape index (κ1) is 53.8. The lowest BCUT2D eigenvalue weighted by molar-refractivity contribution is -0.132. The van der Waals surface area contributed by atoms with Crippen molar-refractivity contribution in [2.24, 2.45) is 0 Å². The highest BCUT2D eigenvalue weighted by molar-refractivity contribution is 5.80. The molecule has 0 aromatic heterocycles. The zero-order chi connectivity index (χ0) is 40.3. The fourth-order valence-electron chi connectivity index (χ4n) is 7.53. The van der Waals surface area contributed by atoms with Gasteiger partial charge in [-0.25, -0.2) is 0 Å². The summed E-state index contributed by atoms with van der Waals surface area (Å²) in [4.78, 5) is 12.5. The van der Waals surface area contributed by atoms with Crippen LogP contribution in [0.5, 0.6) is 0 Å². The Morgan fingerprint density at radius 2 is 0.764 bits per heavy atom. The van der Waals surface area contributed by atoms with Gasteiger partial charge in [0.25, 0.3) is 0 Å². The van der Waals surface area contributed by atoms with Crippen LogP contribution in [0.3, 0.4) is 0 Å². The minimum absolute atomic E-state index is 0.364. The number of hydrogen-bond donors (Lipinski definition) is 5. The summed E-state index contributed by atoms with van der Waals surface area (Å²) in [5.41, 5.74) is 0. The number of hydrogen-bond acceptors (Lipinski definition) is 5. The van der Waals surface area contributed by atoms with Crippen molar-refractivity contribution in [2.75, 3.05) is 6.61 Å². The largest absolute Gasteiger partial charge is 0.394 e. The molecule has 0 aromatic carbocycles. The first-order chi connectivity index (χ1) is 27.0. The van der Waals surface area contributed by atoms with Crippen molar-refractivity contribution in [3.8, 4) is 0 Å². The minimum atomic E-state index is -1.29. The molecule has 0 aliphatic heterocycles. The number of allylic oxidation sites excluding steroid dienone is 4. The Morgan fingerprint density at radius 3 is 1.13 bits per heavy atom. The van der Waals surface area contributed by atoms with Gasteiger partial charge in [0.15, 0.2) is 0 Å². The molecule has 0 aliphatic carbocycles. The van der Waals surface area contributed by atoms with E-state index in [0.717, 1.165) is 44.9 Å². The van der Waals surface area contributed by atoms with E-state index in [4.69, 9.17) is 0 Å². The van der Waals surface area contributed by atoms with E-state index in [0.29, 0.717) is 19.3 Å². The molecule has 0 aliphatic rings. The van der Waals surface area contributed by atoms with Gasteiger partial charge < -0.3 is 25.7 Å². The average Bonchev–Trinajstić information content (AvgIpc) is 3.19. The number of carbonyl (C=O) groups excluding carboxylic acids is 1. The Balaban J connectivity index is 3.59. The van der Waals surface area contributed by atoms with Crippen LogP contribution in [0.15, 0.2) is 24.3 Å². The van der Waals surface area contributed by atoms with Gasteiger partial charge in [0.2, 0.25) is 5.91 Å². The molecule has 0 spiro atoms. The highest BCUT2D eigenvalue weighted by atomic mass is 16.3. The van der Waals surface area contributed by atoms with Crippen LogP contribution in [-0.2, 0) is 4.79 Å². The lowest BCUT2D eigenvalue weighted by Crippen LogP contribution is -2.53. The highest BCUT2D eigenvalue weighted by Crippen LogP contribution is 2.17. The molecule has 6 heteroatoms. The van der Waals surface area contributed by atoms with E-state index in [1.807, 2.05) is 0 Å². The highest BCUT2D eigenvalue weighted by Gasteiger charge is 2.28. The molecule has 1 amide bonds. The molecular formula is C49H95NO5. The van der Waals surface area contributed by atoms with Crippen molar-refractivity contribution in [3.05, 3.63) is 24.3 Å². The smallest absolute Gasteiger partial charge is 0.249 e. The summed E-state index contributed by atoms with van der Waals surface area (Å²) in [6, 6.07) is -1.00. The second-order valence-corrected chi connectivity index (χ2v) is 16.8. The maximum absolute atomic E-state index is 12.5. The lowest BCUT2D eigenvalue weighted by atomic mass is 10.00. The van der Waals surface area contributed by atoms with E-state index in [1.54, 1.807) is 0 Å². The van der Waals surface area contributed by atoms with Gasteiger partial charge in [-0.2, -0.15) is 0 Å². The van der Waals surface area contributed by atoms with Gasteiger partial charge in [0.1, 0.15) is 12.2 Å². The van der Waals surface area contributed by atoms with Crippen LogP contribution in [0, 0.1) is 0 Å². The molecule has 6 nitrogen and oxygen atoms in total. The van der Waals surface area contributed by atoms with Crippen molar-refractivity contribution in [3.63, 3.8) is 0 Å². The molecule has 0 bridgehead atoms. The van der Waals surface area contributed by atoms with Gasteiger partial charge in [0.05, 0.1) is 18.8 Å². The van der Waals surface area contributed by atoms with Crippen molar-refractivity contribution in [2.45, 2.75) is 276 Å². The number of aliphatic hydroxyl groups excluding tert-OH is 4. The molecule has 4 unspecified atom stereocenters. The molecule has 0 saturated heterocycles. The van der Waals surface area contributed by atoms with Gasteiger partial charge in [-0.3, -0.25) is 4.79 Å². The van der Waals surface area contributed by atoms with Crippen molar-refractivity contribution in [1.82, 2.24) is 5.32 Å². The quantitative estimate of drug-likeness (QED) is 0.0313. The first-order valence-corrected chi connectivity index (χ1v) is 24.2. The van der Waals surface area contributed by atoms with Crippen LogP contribution < -0.4 is 5.32 Å². The molecule has 55 heavy (non-hydrogen) atoms. The van der Waals surface area contributed by atoms with Crippen LogP contribution >= 0.6 is 0 Å². The molecule has 0 fully saturated rings. The molecule has 0 radical (unpaired) electrons. The van der Waals surface area contributed by atoms with Crippen molar-refractivity contribution in [1.29, 1.82) is 0 Å².